The molecule has 0 unspecified atom stereocenters. The number of rotatable bonds is 21. The van der Waals surface area contributed by atoms with Crippen molar-refractivity contribution in [1.82, 2.24) is 0 Å². The van der Waals surface area contributed by atoms with Gasteiger partial charge in [-0.25, -0.2) is 56.8 Å². The van der Waals surface area contributed by atoms with Crippen LogP contribution in [0.25, 0.3) is 0 Å². The van der Waals surface area contributed by atoms with Gasteiger partial charge in [0, 0.05) is 45.2 Å². The summed E-state index contributed by atoms with van der Waals surface area (Å²) >= 11 is 3.47. The van der Waals surface area contributed by atoms with Crippen LogP contribution in [0.5, 0.6) is 0 Å². The molecule has 9 aromatic rings. The number of hydrogen-bond acceptors (Lipinski definition) is 25. The molecule has 0 aliphatic heterocycles. The zero-order valence-corrected chi connectivity index (χ0v) is 65.1. The molecule has 9 rings (SSSR count). The summed E-state index contributed by atoms with van der Waals surface area (Å²) in [7, 11) is -20.8. The molecule has 0 atom stereocenters. The molecule has 0 aliphatic carbocycles. The number of nitrogens with zero attached hydrogens (tertiary/aromatic N) is 3. The molecular formula is C62H69N6O21S9Y-. The number of amides is 6. The van der Waals surface area contributed by atoms with Gasteiger partial charge < -0.3 is 21.7 Å². The third kappa shape index (κ3) is 26.7. The molecule has 99 heavy (non-hydrogen) atoms. The van der Waals surface area contributed by atoms with Crippen molar-refractivity contribution in [2.24, 2.45) is 0 Å². The van der Waals surface area contributed by atoms with Gasteiger partial charge in [0.1, 0.15) is 0 Å². The predicted molar refractivity (Wildman–Crippen MR) is 381 cm³/mol. The first kappa shape index (κ1) is 85.4. The summed E-state index contributed by atoms with van der Waals surface area (Å²) in [4.78, 5) is 81.8. The fraction of sp³-hybridized carbons (Fsp3) is 0.226. The number of sulfone groups is 2. The molecule has 0 aliphatic rings. The number of nitrogens with one attached hydrogen (secondary N) is 3. The summed E-state index contributed by atoms with van der Waals surface area (Å²) in [6, 6.07) is 30.1. The number of carbonyl (C=O) groups is 6. The van der Waals surface area contributed by atoms with Crippen LogP contribution in [0.4, 0.5) is 34.1 Å². The number of carbonyl (C=O) groups excluding carboxylic acids is 6. The zero-order valence-electron chi connectivity index (χ0n) is 54.9. The molecule has 0 spiro atoms. The van der Waals surface area contributed by atoms with Crippen LogP contribution in [0.1, 0.15) is 119 Å². The van der Waals surface area contributed by atoms with Crippen LogP contribution >= 0.6 is 34.0 Å². The van der Waals surface area contributed by atoms with Crippen molar-refractivity contribution in [2.75, 3.05) is 60.1 Å². The van der Waals surface area contributed by atoms with Gasteiger partial charge in [-0.3, -0.25) is 42.9 Å². The smallest absolute Gasteiger partial charge is 0.301 e. The van der Waals surface area contributed by atoms with Crippen molar-refractivity contribution in [1.29, 1.82) is 0 Å². The standard InChI is InChI=1S/C19H18N2O7S3.C19H18N2O6S4.C18H15N2O8S2.3C2H6.Y/c2*1-30(24,25)12-13-11-14(7-8-15(13)20-31(2,26)27)21(18(22)16-5-3-9-28-16)19(23)17-6-4-10-29-17;1-30(25,26)19-14-7-6-13(10-12(14)11-29(23)24)20(17(21)15-4-2-8-27-15)18(22)16-5-3-9-28-16;3*1-2;/h2*3-11,20H,12H2,1-2H3;2-10,19H,11H2,1H3;3*1-2H3;/q;;-1;;;;. The van der Waals surface area contributed by atoms with Crippen LogP contribution in [0.15, 0.2) is 176 Å². The van der Waals surface area contributed by atoms with Gasteiger partial charge in [0.15, 0.2) is 37.0 Å². The van der Waals surface area contributed by atoms with Gasteiger partial charge in [0.05, 0.1) is 97.8 Å². The summed E-state index contributed by atoms with van der Waals surface area (Å²) in [5.74, 6) is -6.06. The summed E-state index contributed by atoms with van der Waals surface area (Å²) < 4.78 is 162. The third-order valence-corrected chi connectivity index (χ3v) is 18.2. The van der Waals surface area contributed by atoms with Gasteiger partial charge in [0.25, 0.3) is 17.7 Å². The SMILES string of the molecule is CC.CC.CC.CS(=O)(=O)Cc1cc(N(C(=O)c2ccco2)C(=O)c2cccs2)ccc1NS(C)(=O)=O.CS(=O)(=O)Cc1cc(N(C(=O)c2cccs2)C(=O)c2cccs2)ccc1NS(C)(=O)=O.CS(=O)(=O)Nc1ccc(N(C(=O)c2ccco2)C(=O)c2ccco2)cc1C[S-](=O)=O.[Y]. The first-order valence-corrected chi connectivity index (χ1v) is 42.3. The van der Waals surface area contributed by atoms with E-state index in [2.05, 4.69) is 14.2 Å². The van der Waals surface area contributed by atoms with E-state index in [-0.39, 0.29) is 106 Å². The van der Waals surface area contributed by atoms with Crippen molar-refractivity contribution >= 4 is 164 Å². The summed E-state index contributed by atoms with van der Waals surface area (Å²) in [6.07, 6.45) is 8.58. The Bertz CT molecular complexity index is 4500. The van der Waals surface area contributed by atoms with Gasteiger partial charge >= 0.3 is 17.7 Å². The van der Waals surface area contributed by atoms with Gasteiger partial charge in [-0.05, 0) is 148 Å². The molecule has 6 heterocycles. The summed E-state index contributed by atoms with van der Waals surface area (Å²) in [6.45, 7) is 12.0. The molecule has 6 aromatic heterocycles. The van der Waals surface area contributed by atoms with E-state index in [0.29, 0.717) is 9.75 Å². The van der Waals surface area contributed by atoms with Gasteiger partial charge in [-0.15, -0.1) is 34.0 Å². The van der Waals surface area contributed by atoms with Gasteiger partial charge in [-0.1, -0.05) is 70.4 Å². The number of sulfonamides is 3. The first-order chi connectivity index (χ1) is 46.0. The van der Waals surface area contributed by atoms with Crippen LogP contribution in [-0.2, 0) is 119 Å². The third-order valence-electron chi connectivity index (χ3n) is 11.6. The van der Waals surface area contributed by atoms with E-state index in [4.69, 9.17) is 13.3 Å². The van der Waals surface area contributed by atoms with Crippen molar-refractivity contribution in [3.63, 3.8) is 0 Å². The van der Waals surface area contributed by atoms with Crippen molar-refractivity contribution < 1.29 is 125 Å². The molecule has 6 amide bonds. The molecule has 0 saturated carbocycles. The fourth-order valence-electron chi connectivity index (χ4n) is 8.15. The normalized spacial score (nSPS) is 11.0. The minimum absolute atomic E-state index is 0. The molecule has 0 bridgehead atoms. The molecule has 3 aromatic carbocycles. The molecule has 531 valence electrons. The second-order valence-electron chi connectivity index (χ2n) is 19.4. The predicted octanol–water partition coefficient (Wildman–Crippen LogP) is 11.6. The van der Waals surface area contributed by atoms with E-state index in [1.165, 1.54) is 132 Å². The Morgan fingerprint density at radius 2 is 0.646 bits per heavy atom. The Hall–Kier alpha value is -7.78. The summed E-state index contributed by atoms with van der Waals surface area (Å²) in [5, 5.41) is 5.08. The number of hydrogen-bond donors (Lipinski definition) is 3. The topological polar surface area (TPSA) is 392 Å². The molecule has 0 saturated heterocycles. The zero-order chi connectivity index (χ0) is 73.5. The molecule has 3 N–H and O–H groups in total. The van der Waals surface area contributed by atoms with Crippen LogP contribution < -0.4 is 28.9 Å². The number of furan rings is 3. The second-order valence-corrected chi connectivity index (χ2v) is 32.7. The molecule has 37 heteroatoms. The van der Waals surface area contributed by atoms with Crippen molar-refractivity contribution in [3.8, 4) is 0 Å². The Balaban J connectivity index is 0.000000370. The quantitative estimate of drug-likeness (QED) is 0.0444. The average Bonchev–Trinajstić information content (AvgIpc) is 1.77. The van der Waals surface area contributed by atoms with E-state index in [9.17, 15) is 79.3 Å². The summed E-state index contributed by atoms with van der Waals surface area (Å²) in [5.41, 5.74) is 0.533. The molecule has 0 fully saturated rings. The Morgan fingerprint density at radius 1 is 0.384 bits per heavy atom. The monoisotopic (exact) mass is 1610 g/mol. The van der Waals surface area contributed by atoms with E-state index < -0.39 is 113 Å². The van der Waals surface area contributed by atoms with E-state index in [0.717, 1.165) is 57.3 Å². The average molecular weight is 1610 g/mol. The Morgan fingerprint density at radius 3 is 0.879 bits per heavy atom. The molecule has 27 nitrogen and oxygen atoms in total. The number of thiophene rings is 3. The first-order valence-electron chi connectivity index (χ1n) is 28.7. The van der Waals surface area contributed by atoms with Crippen LogP contribution in [0.2, 0.25) is 0 Å². The van der Waals surface area contributed by atoms with Crippen LogP contribution in [-0.4, -0.2) is 109 Å². The van der Waals surface area contributed by atoms with Crippen LogP contribution in [0.3, 0.4) is 0 Å². The van der Waals surface area contributed by atoms with Crippen LogP contribution in [0, 0.1) is 0 Å². The maximum absolute atomic E-state index is 13.1. The Kier molecular flexibility index (Phi) is 33.4. The minimum atomic E-state index is -3.70. The van der Waals surface area contributed by atoms with E-state index in [1.54, 1.807) is 52.5 Å². The van der Waals surface area contributed by atoms with Crippen molar-refractivity contribution in [2.45, 2.75) is 58.8 Å². The fourth-order valence-corrected chi connectivity index (χ4v) is 14.0. The Labute approximate surface area is 613 Å². The number of anilines is 6. The van der Waals surface area contributed by atoms with E-state index >= 15 is 0 Å². The number of benzene rings is 3. The maximum Gasteiger partial charge on any atom is 0.301 e. The van der Waals surface area contributed by atoms with Crippen molar-refractivity contribution in [3.05, 3.63) is 211 Å². The maximum atomic E-state index is 13.1. The molecule has 1 radical (unpaired) electrons. The van der Waals surface area contributed by atoms with Gasteiger partial charge in [0.2, 0.25) is 30.1 Å². The number of imide groups is 3. The second kappa shape index (κ2) is 38.7. The largest absolute Gasteiger partial charge is 0.459 e. The van der Waals surface area contributed by atoms with Gasteiger partial charge in [-0.2, -0.15) is 0 Å². The van der Waals surface area contributed by atoms with E-state index in [1.807, 2.05) is 41.5 Å². The minimum Gasteiger partial charge on any atom is -0.459 e. The molecular weight excluding hydrogens is 1540 g/mol.